The van der Waals surface area contributed by atoms with Crippen LogP contribution in [-0.2, 0) is 16.6 Å². The number of nitrogens with zero attached hydrogens (tertiary/aromatic N) is 1. The van der Waals surface area contributed by atoms with Crippen molar-refractivity contribution in [2.75, 3.05) is 13.1 Å². The average Bonchev–Trinajstić information content (AvgIpc) is 2.61. The molecule has 128 valence electrons. The highest BCUT2D eigenvalue weighted by Gasteiger charge is 2.22. The maximum Gasteiger partial charge on any atom is 0.251 e. The summed E-state index contributed by atoms with van der Waals surface area (Å²) in [5.74, 6) is -0.296. The SMILES string of the molecule is CCN(CC)S(=O)(=O)c1cccc(C(=O)NCc2ccccc2)c1. The highest BCUT2D eigenvalue weighted by Crippen LogP contribution is 2.17. The molecule has 0 atom stereocenters. The number of benzene rings is 2. The molecule has 0 unspecified atom stereocenters. The van der Waals surface area contributed by atoms with Crippen molar-refractivity contribution in [3.8, 4) is 0 Å². The third-order valence-electron chi connectivity index (χ3n) is 3.74. The van der Waals surface area contributed by atoms with Crippen LogP contribution in [0.2, 0.25) is 0 Å². The van der Waals surface area contributed by atoms with Crippen molar-refractivity contribution in [1.29, 1.82) is 0 Å². The van der Waals surface area contributed by atoms with E-state index in [0.717, 1.165) is 5.56 Å². The number of rotatable bonds is 7. The summed E-state index contributed by atoms with van der Waals surface area (Å²) in [4.78, 5) is 12.4. The van der Waals surface area contributed by atoms with Crippen molar-refractivity contribution in [3.05, 3.63) is 65.7 Å². The van der Waals surface area contributed by atoms with E-state index in [-0.39, 0.29) is 10.8 Å². The van der Waals surface area contributed by atoms with Gasteiger partial charge in [-0.15, -0.1) is 0 Å². The van der Waals surface area contributed by atoms with E-state index in [1.54, 1.807) is 26.0 Å². The zero-order chi connectivity index (χ0) is 17.6. The Labute approximate surface area is 143 Å². The fraction of sp³-hybridized carbons (Fsp3) is 0.278. The van der Waals surface area contributed by atoms with E-state index >= 15 is 0 Å². The first-order chi connectivity index (χ1) is 11.5. The molecule has 0 radical (unpaired) electrons. The molecule has 1 N–H and O–H groups in total. The van der Waals surface area contributed by atoms with Crippen molar-refractivity contribution >= 4 is 15.9 Å². The van der Waals surface area contributed by atoms with Gasteiger partial charge in [-0.05, 0) is 23.8 Å². The molecule has 0 saturated carbocycles. The van der Waals surface area contributed by atoms with Crippen molar-refractivity contribution in [2.24, 2.45) is 0 Å². The van der Waals surface area contributed by atoms with Crippen LogP contribution in [-0.4, -0.2) is 31.7 Å². The van der Waals surface area contributed by atoms with Crippen molar-refractivity contribution in [1.82, 2.24) is 9.62 Å². The molecule has 0 aliphatic rings. The highest BCUT2D eigenvalue weighted by molar-refractivity contribution is 7.89. The number of hydrogen-bond acceptors (Lipinski definition) is 3. The van der Waals surface area contributed by atoms with E-state index in [1.165, 1.54) is 16.4 Å². The molecule has 0 aromatic heterocycles. The van der Waals surface area contributed by atoms with E-state index in [1.807, 2.05) is 30.3 Å². The second-order valence-corrected chi connectivity index (χ2v) is 7.22. The molecular formula is C18H22N2O3S. The Morgan fingerprint density at radius 3 is 2.29 bits per heavy atom. The van der Waals surface area contributed by atoms with Crippen LogP contribution in [0, 0.1) is 0 Å². The number of nitrogens with one attached hydrogen (secondary N) is 1. The molecule has 24 heavy (non-hydrogen) atoms. The molecule has 0 aliphatic heterocycles. The predicted octanol–water partition coefficient (Wildman–Crippen LogP) is 2.65. The lowest BCUT2D eigenvalue weighted by molar-refractivity contribution is 0.0950. The molecule has 0 bridgehead atoms. The van der Waals surface area contributed by atoms with Gasteiger partial charge in [-0.25, -0.2) is 8.42 Å². The smallest absolute Gasteiger partial charge is 0.251 e. The first-order valence-corrected chi connectivity index (χ1v) is 9.35. The average molecular weight is 346 g/mol. The molecule has 2 aromatic carbocycles. The lowest BCUT2D eigenvalue weighted by Gasteiger charge is -2.18. The van der Waals surface area contributed by atoms with Crippen molar-refractivity contribution in [2.45, 2.75) is 25.3 Å². The fourth-order valence-corrected chi connectivity index (χ4v) is 3.90. The van der Waals surface area contributed by atoms with Crippen LogP contribution >= 0.6 is 0 Å². The molecule has 5 nitrogen and oxygen atoms in total. The molecular weight excluding hydrogens is 324 g/mol. The standard InChI is InChI=1S/C18H22N2O3S/c1-3-20(4-2)24(22,23)17-12-8-11-16(13-17)18(21)19-14-15-9-6-5-7-10-15/h5-13H,3-4,14H2,1-2H3,(H,19,21). The monoisotopic (exact) mass is 346 g/mol. The van der Waals surface area contributed by atoms with E-state index in [2.05, 4.69) is 5.32 Å². The first-order valence-electron chi connectivity index (χ1n) is 7.91. The summed E-state index contributed by atoms with van der Waals surface area (Å²) in [5, 5.41) is 2.80. The summed E-state index contributed by atoms with van der Waals surface area (Å²) >= 11 is 0. The Kier molecular flexibility index (Phi) is 6.11. The maximum absolute atomic E-state index is 12.5. The van der Waals surface area contributed by atoms with Gasteiger partial charge in [-0.1, -0.05) is 50.2 Å². The van der Waals surface area contributed by atoms with Gasteiger partial charge >= 0.3 is 0 Å². The lowest BCUT2D eigenvalue weighted by Crippen LogP contribution is -2.31. The Bertz CT molecular complexity index is 785. The van der Waals surface area contributed by atoms with Gasteiger partial charge in [0.25, 0.3) is 5.91 Å². The molecule has 2 aromatic rings. The molecule has 0 spiro atoms. The van der Waals surface area contributed by atoms with Crippen LogP contribution in [0.15, 0.2) is 59.5 Å². The number of carbonyl (C=O) groups is 1. The second-order valence-electron chi connectivity index (χ2n) is 5.29. The van der Waals surface area contributed by atoms with Crippen LogP contribution in [0.25, 0.3) is 0 Å². The third kappa shape index (κ3) is 4.21. The second kappa shape index (κ2) is 8.08. The number of hydrogen-bond donors (Lipinski definition) is 1. The van der Waals surface area contributed by atoms with Gasteiger partial charge in [-0.3, -0.25) is 4.79 Å². The summed E-state index contributed by atoms with van der Waals surface area (Å²) in [6.07, 6.45) is 0. The van der Waals surface area contributed by atoms with Crippen LogP contribution < -0.4 is 5.32 Å². The van der Waals surface area contributed by atoms with Crippen LogP contribution in [0.5, 0.6) is 0 Å². The van der Waals surface area contributed by atoms with Gasteiger partial charge in [0.1, 0.15) is 0 Å². The number of amides is 1. The minimum Gasteiger partial charge on any atom is -0.348 e. The highest BCUT2D eigenvalue weighted by atomic mass is 32.2. The topological polar surface area (TPSA) is 66.5 Å². The van der Waals surface area contributed by atoms with Gasteiger partial charge in [0.05, 0.1) is 4.90 Å². The van der Waals surface area contributed by atoms with Gasteiger partial charge in [0.2, 0.25) is 10.0 Å². The van der Waals surface area contributed by atoms with Gasteiger partial charge in [0, 0.05) is 25.2 Å². The Morgan fingerprint density at radius 2 is 1.67 bits per heavy atom. The normalized spacial score (nSPS) is 11.5. The van der Waals surface area contributed by atoms with Crippen molar-refractivity contribution in [3.63, 3.8) is 0 Å². The molecule has 0 fully saturated rings. The summed E-state index contributed by atoms with van der Waals surface area (Å²) in [5.41, 5.74) is 1.32. The summed E-state index contributed by atoms with van der Waals surface area (Å²) in [7, 11) is -3.57. The van der Waals surface area contributed by atoms with E-state index in [9.17, 15) is 13.2 Å². The van der Waals surface area contributed by atoms with Gasteiger partial charge in [0.15, 0.2) is 0 Å². The minimum atomic E-state index is -3.57. The quantitative estimate of drug-likeness (QED) is 0.838. The van der Waals surface area contributed by atoms with Gasteiger partial charge < -0.3 is 5.32 Å². The predicted molar refractivity (Wildman–Crippen MR) is 94.2 cm³/mol. The van der Waals surface area contributed by atoms with E-state index in [4.69, 9.17) is 0 Å². The van der Waals surface area contributed by atoms with E-state index < -0.39 is 10.0 Å². The molecule has 6 heteroatoms. The number of carbonyl (C=O) groups excluding carboxylic acids is 1. The van der Waals surface area contributed by atoms with E-state index in [0.29, 0.717) is 25.2 Å². The summed E-state index contributed by atoms with van der Waals surface area (Å²) < 4.78 is 26.5. The van der Waals surface area contributed by atoms with Crippen LogP contribution in [0.1, 0.15) is 29.8 Å². The summed E-state index contributed by atoms with van der Waals surface area (Å²) in [6, 6.07) is 15.7. The maximum atomic E-state index is 12.5. The number of sulfonamides is 1. The summed E-state index contributed by atoms with van der Waals surface area (Å²) in [6.45, 7) is 4.76. The Balaban J connectivity index is 2.16. The Hall–Kier alpha value is -2.18. The van der Waals surface area contributed by atoms with Crippen molar-refractivity contribution < 1.29 is 13.2 Å². The van der Waals surface area contributed by atoms with Gasteiger partial charge in [-0.2, -0.15) is 4.31 Å². The molecule has 1 amide bonds. The molecule has 0 aliphatic carbocycles. The zero-order valence-corrected chi connectivity index (χ0v) is 14.7. The first kappa shape index (κ1) is 18.2. The lowest BCUT2D eigenvalue weighted by atomic mass is 10.2. The largest absolute Gasteiger partial charge is 0.348 e. The molecule has 0 saturated heterocycles. The minimum absolute atomic E-state index is 0.138. The molecule has 0 heterocycles. The Morgan fingerprint density at radius 1 is 1.00 bits per heavy atom. The third-order valence-corrected chi connectivity index (χ3v) is 5.78. The molecule has 2 rings (SSSR count). The zero-order valence-electron chi connectivity index (χ0n) is 13.9. The fourth-order valence-electron chi connectivity index (χ4n) is 2.39. The van der Waals surface area contributed by atoms with Crippen LogP contribution in [0.4, 0.5) is 0 Å². The van der Waals surface area contributed by atoms with Crippen LogP contribution in [0.3, 0.4) is 0 Å².